The van der Waals surface area contributed by atoms with Gasteiger partial charge in [0.15, 0.2) is 0 Å². The van der Waals surface area contributed by atoms with Crippen LogP contribution in [0.1, 0.15) is 10.4 Å². The molecule has 17 heavy (non-hydrogen) atoms. The number of carbonyl (C=O) groups excluding carboxylic acids is 1. The lowest BCUT2D eigenvalue weighted by Crippen LogP contribution is -2.11. The molecule has 1 amide bonds. The number of allylic oxidation sites excluding steroid dienone is 2. The number of hydrogen-bond acceptors (Lipinski definition) is 2. The Kier molecular flexibility index (Phi) is 2.89. The average molecular weight is 256 g/mol. The van der Waals surface area contributed by atoms with Gasteiger partial charge in [-0.2, -0.15) is 0 Å². The van der Waals surface area contributed by atoms with Crippen LogP contribution in [0.4, 0.5) is 14.5 Å². The van der Waals surface area contributed by atoms with Gasteiger partial charge in [0.05, 0.1) is 0 Å². The van der Waals surface area contributed by atoms with E-state index in [0.29, 0.717) is 10.6 Å². The summed E-state index contributed by atoms with van der Waals surface area (Å²) in [6.07, 6.45) is 0.822. The lowest BCUT2D eigenvalue weighted by molar-refractivity contribution is 0.1000. The fourth-order valence-electron chi connectivity index (χ4n) is 1.50. The van der Waals surface area contributed by atoms with Crippen LogP contribution in [0.25, 0.3) is 0 Å². The van der Waals surface area contributed by atoms with Crippen LogP contribution in [0, 0.1) is 0 Å². The Morgan fingerprint density at radius 1 is 1.29 bits per heavy atom. The smallest absolute Gasteiger partial charge is 0.248 e. The third kappa shape index (κ3) is 2.16. The largest absolute Gasteiger partial charge is 0.398 e. The van der Waals surface area contributed by atoms with E-state index in [2.05, 4.69) is 0 Å². The number of halogens is 2. The molecule has 2 rings (SSSR count). The first-order chi connectivity index (χ1) is 7.99. The molecule has 1 unspecified atom stereocenters. The predicted octanol–water partition coefficient (Wildman–Crippen LogP) is 2.36. The number of hydrogen-bond donors (Lipinski definition) is 3. The maximum Gasteiger partial charge on any atom is 0.248 e. The van der Waals surface area contributed by atoms with Gasteiger partial charge < -0.3 is 11.5 Å². The zero-order valence-corrected chi connectivity index (χ0v) is 9.55. The molecule has 0 spiro atoms. The Morgan fingerprint density at radius 3 is 2.53 bits per heavy atom. The molecule has 1 heterocycles. The van der Waals surface area contributed by atoms with Crippen molar-refractivity contribution in [2.75, 3.05) is 5.73 Å². The molecule has 0 saturated heterocycles. The number of carbonyl (C=O) groups is 1. The fourth-order valence-corrected chi connectivity index (χ4v) is 3.20. The lowest BCUT2D eigenvalue weighted by Gasteiger charge is -2.15. The van der Waals surface area contributed by atoms with Crippen LogP contribution >= 0.6 is 10.9 Å². The number of primary amides is 1. The van der Waals surface area contributed by atoms with Crippen LogP contribution in [0.5, 0.6) is 0 Å². The normalized spacial score (nSPS) is 20.9. The molecule has 0 radical (unpaired) electrons. The molecule has 0 fully saturated rings. The fraction of sp³-hybridized carbons (Fsp3) is 0. The topological polar surface area (TPSA) is 69.1 Å². The molecule has 3 nitrogen and oxygen atoms in total. The molecule has 0 saturated carbocycles. The zero-order chi connectivity index (χ0) is 12.6. The van der Waals surface area contributed by atoms with Gasteiger partial charge in [-0.3, -0.25) is 4.79 Å². The molecule has 4 N–H and O–H groups in total. The van der Waals surface area contributed by atoms with Gasteiger partial charge in [-0.25, -0.2) is 8.78 Å². The molecule has 1 aromatic carbocycles. The minimum absolute atomic E-state index is 0.227. The average Bonchev–Trinajstić information content (AvgIpc) is 2.58. The summed E-state index contributed by atoms with van der Waals surface area (Å²) in [5.74, 6) is -1.26. The highest BCUT2D eigenvalue weighted by atomic mass is 32.2. The minimum Gasteiger partial charge on any atom is -0.398 e. The molecule has 1 atom stereocenters. The molecule has 0 bridgehead atoms. The SMILES string of the molecule is NC(=O)c1ccc(N)c([SH]2C=C(F)C=C2F)c1. The van der Waals surface area contributed by atoms with Gasteiger partial charge in [0, 0.05) is 22.2 Å². The molecule has 1 aliphatic rings. The van der Waals surface area contributed by atoms with Crippen molar-refractivity contribution in [1.29, 1.82) is 0 Å². The second-order valence-corrected chi connectivity index (χ2v) is 5.40. The van der Waals surface area contributed by atoms with E-state index in [1.165, 1.54) is 23.6 Å². The van der Waals surface area contributed by atoms with Crippen LogP contribution in [0.2, 0.25) is 0 Å². The van der Waals surface area contributed by atoms with Gasteiger partial charge in [0.2, 0.25) is 5.91 Å². The standard InChI is InChI=1S/C11H10F2N2OS/c12-7-4-10(13)17(5-7)9-3-6(11(15)16)1-2-8(9)14/h1-5,17H,14H2,(H2,15,16). The third-order valence-electron chi connectivity index (χ3n) is 2.31. The Labute approximate surface area is 99.1 Å². The molecule has 90 valence electrons. The predicted molar refractivity (Wildman–Crippen MR) is 65.0 cm³/mol. The lowest BCUT2D eigenvalue weighted by atomic mass is 10.2. The second kappa shape index (κ2) is 4.21. The third-order valence-corrected chi connectivity index (χ3v) is 4.31. The van der Waals surface area contributed by atoms with Crippen LogP contribution in [0.3, 0.4) is 0 Å². The molecule has 0 aromatic heterocycles. The van der Waals surface area contributed by atoms with Gasteiger partial charge in [0.25, 0.3) is 0 Å². The summed E-state index contributed by atoms with van der Waals surface area (Å²) in [4.78, 5) is 11.4. The van der Waals surface area contributed by atoms with Crippen molar-refractivity contribution in [3.8, 4) is 0 Å². The van der Waals surface area contributed by atoms with Gasteiger partial charge in [0.1, 0.15) is 11.0 Å². The molecule has 6 heteroatoms. The number of benzene rings is 1. The van der Waals surface area contributed by atoms with Crippen molar-refractivity contribution in [2.24, 2.45) is 5.73 Å². The quantitative estimate of drug-likeness (QED) is 0.561. The Balaban J connectivity index is 2.49. The highest BCUT2D eigenvalue weighted by Crippen LogP contribution is 2.53. The van der Waals surface area contributed by atoms with Crippen molar-refractivity contribution >= 4 is 22.5 Å². The van der Waals surface area contributed by atoms with Gasteiger partial charge in [-0.05, 0) is 23.6 Å². The molecule has 1 aromatic rings. The van der Waals surface area contributed by atoms with Gasteiger partial charge in [-0.1, -0.05) is 0 Å². The first kappa shape index (κ1) is 11.7. The van der Waals surface area contributed by atoms with Gasteiger partial charge in [-0.15, -0.1) is 10.9 Å². The number of nitrogens with two attached hydrogens (primary N) is 2. The summed E-state index contributed by atoms with van der Waals surface area (Å²) in [6, 6.07) is 4.33. The highest BCUT2D eigenvalue weighted by molar-refractivity contribution is 8.23. The van der Waals surface area contributed by atoms with Crippen molar-refractivity contribution < 1.29 is 13.6 Å². The van der Waals surface area contributed by atoms with E-state index in [1.807, 2.05) is 0 Å². The van der Waals surface area contributed by atoms with E-state index in [1.54, 1.807) is 0 Å². The van der Waals surface area contributed by atoms with E-state index in [-0.39, 0.29) is 5.56 Å². The molecular weight excluding hydrogens is 246 g/mol. The van der Waals surface area contributed by atoms with Crippen LogP contribution in [-0.2, 0) is 0 Å². The summed E-state index contributed by atoms with van der Waals surface area (Å²) >= 11 is 0. The van der Waals surface area contributed by atoms with Crippen molar-refractivity contribution in [3.05, 3.63) is 46.2 Å². The van der Waals surface area contributed by atoms with Crippen LogP contribution in [0.15, 0.2) is 45.6 Å². The summed E-state index contributed by atoms with van der Waals surface area (Å²) in [5.41, 5.74) is 11.4. The maximum atomic E-state index is 13.5. The van der Waals surface area contributed by atoms with Crippen molar-refractivity contribution in [1.82, 2.24) is 0 Å². The number of nitrogen functional groups attached to an aromatic ring is 1. The number of thiol groups is 1. The first-order valence-corrected chi connectivity index (χ1v) is 6.13. The summed E-state index contributed by atoms with van der Waals surface area (Å²) < 4.78 is 26.4. The number of amides is 1. The monoisotopic (exact) mass is 256 g/mol. The van der Waals surface area contributed by atoms with Crippen LogP contribution in [-0.4, -0.2) is 5.91 Å². The van der Waals surface area contributed by atoms with E-state index in [9.17, 15) is 13.6 Å². The summed E-state index contributed by atoms with van der Waals surface area (Å²) in [7, 11) is -1.58. The van der Waals surface area contributed by atoms with E-state index >= 15 is 0 Å². The minimum atomic E-state index is -1.58. The maximum absolute atomic E-state index is 13.5. The summed E-state index contributed by atoms with van der Waals surface area (Å²) in [6.45, 7) is 0. The van der Waals surface area contributed by atoms with Crippen molar-refractivity contribution in [3.63, 3.8) is 0 Å². The van der Waals surface area contributed by atoms with E-state index in [4.69, 9.17) is 11.5 Å². The zero-order valence-electron chi connectivity index (χ0n) is 8.65. The number of anilines is 1. The van der Waals surface area contributed by atoms with Crippen LogP contribution < -0.4 is 11.5 Å². The van der Waals surface area contributed by atoms with E-state index in [0.717, 1.165) is 6.08 Å². The Hall–Kier alpha value is -1.82. The Morgan fingerprint density at radius 2 is 2.00 bits per heavy atom. The van der Waals surface area contributed by atoms with Crippen molar-refractivity contribution in [2.45, 2.75) is 4.90 Å². The first-order valence-electron chi connectivity index (χ1n) is 4.72. The van der Waals surface area contributed by atoms with Gasteiger partial charge >= 0.3 is 0 Å². The van der Waals surface area contributed by atoms with E-state index < -0.39 is 27.8 Å². The Bertz CT molecular complexity index is 554. The second-order valence-electron chi connectivity index (χ2n) is 3.49. The molecule has 0 aliphatic carbocycles. The number of rotatable bonds is 2. The highest BCUT2D eigenvalue weighted by Gasteiger charge is 2.20. The molecular formula is C11H10F2N2OS. The molecule has 1 aliphatic heterocycles. The summed E-state index contributed by atoms with van der Waals surface area (Å²) in [5, 5.41) is 0.590.